The van der Waals surface area contributed by atoms with Gasteiger partial charge in [-0.25, -0.2) is 4.79 Å². The molecule has 1 aliphatic carbocycles. The Morgan fingerprint density at radius 1 is 1.04 bits per heavy atom. The van der Waals surface area contributed by atoms with Crippen LogP contribution >= 0.6 is 0 Å². The lowest BCUT2D eigenvalue weighted by Gasteiger charge is -2.43. The molecular formula is C23H36N4O. The van der Waals surface area contributed by atoms with Crippen molar-refractivity contribution >= 4 is 17.4 Å². The molecule has 1 N–H and O–H groups in total. The fourth-order valence-electron chi connectivity index (χ4n) is 5.25. The summed E-state index contributed by atoms with van der Waals surface area (Å²) in [5.74, 6) is 0.675. The van der Waals surface area contributed by atoms with Gasteiger partial charge in [0.1, 0.15) is 0 Å². The summed E-state index contributed by atoms with van der Waals surface area (Å²) in [7, 11) is 0. The molecule has 2 heterocycles. The van der Waals surface area contributed by atoms with Crippen molar-refractivity contribution in [1.82, 2.24) is 10.2 Å². The van der Waals surface area contributed by atoms with Crippen molar-refractivity contribution in [2.45, 2.75) is 64.5 Å². The molecule has 5 nitrogen and oxygen atoms in total. The van der Waals surface area contributed by atoms with Gasteiger partial charge in [-0.3, -0.25) is 4.90 Å². The van der Waals surface area contributed by atoms with Gasteiger partial charge in [0.25, 0.3) is 0 Å². The number of nitrogens with one attached hydrogen (secondary N) is 1. The van der Waals surface area contributed by atoms with E-state index < -0.39 is 0 Å². The van der Waals surface area contributed by atoms with Crippen molar-refractivity contribution in [2.24, 2.45) is 5.92 Å². The van der Waals surface area contributed by atoms with Crippen LogP contribution in [0.25, 0.3) is 0 Å². The lowest BCUT2D eigenvalue weighted by molar-refractivity contribution is 0.240. The van der Waals surface area contributed by atoms with Crippen LogP contribution in [0.5, 0.6) is 0 Å². The highest BCUT2D eigenvalue weighted by molar-refractivity contribution is 5.97. The third kappa shape index (κ3) is 4.29. The van der Waals surface area contributed by atoms with Gasteiger partial charge >= 0.3 is 6.03 Å². The van der Waals surface area contributed by atoms with Crippen molar-refractivity contribution < 1.29 is 4.79 Å². The average Bonchev–Trinajstić information content (AvgIpc) is 3.13. The summed E-state index contributed by atoms with van der Waals surface area (Å²) in [6, 6.07) is 9.47. The van der Waals surface area contributed by atoms with Crippen molar-refractivity contribution in [2.75, 3.05) is 42.5 Å². The maximum atomic E-state index is 13.1. The van der Waals surface area contributed by atoms with E-state index in [9.17, 15) is 4.79 Å². The van der Waals surface area contributed by atoms with Crippen LogP contribution in [0.15, 0.2) is 24.3 Å². The second-order valence-corrected chi connectivity index (χ2v) is 9.21. The number of urea groups is 1. The number of para-hydroxylation sites is 2. The number of carbonyl (C=O) groups excluding carboxylic acids is 1. The summed E-state index contributed by atoms with van der Waals surface area (Å²) in [6.07, 6.45) is 7.67. The minimum absolute atomic E-state index is 0.0761. The molecule has 1 saturated carbocycles. The number of hydrogen-bond donors (Lipinski definition) is 1. The molecule has 0 aromatic heterocycles. The van der Waals surface area contributed by atoms with E-state index in [1.54, 1.807) is 0 Å². The van der Waals surface area contributed by atoms with Crippen LogP contribution in [0, 0.1) is 5.92 Å². The lowest BCUT2D eigenvalue weighted by Crippen LogP contribution is -2.53. The molecule has 1 unspecified atom stereocenters. The van der Waals surface area contributed by atoms with Gasteiger partial charge < -0.3 is 15.1 Å². The molecule has 2 amide bonds. The molecular weight excluding hydrogens is 348 g/mol. The molecule has 154 valence electrons. The summed E-state index contributed by atoms with van der Waals surface area (Å²) < 4.78 is 0. The number of hydrogen-bond acceptors (Lipinski definition) is 3. The number of fused-ring (bicyclic) bond motifs is 1. The highest BCUT2D eigenvalue weighted by Gasteiger charge is 2.32. The fourth-order valence-corrected chi connectivity index (χ4v) is 5.25. The fraction of sp³-hybridized carbons (Fsp3) is 0.696. The summed E-state index contributed by atoms with van der Waals surface area (Å²) in [4.78, 5) is 20.1. The zero-order valence-electron chi connectivity index (χ0n) is 17.6. The lowest BCUT2D eigenvalue weighted by atomic mass is 9.93. The second-order valence-electron chi connectivity index (χ2n) is 9.21. The number of amides is 2. The van der Waals surface area contributed by atoms with Crippen LogP contribution in [-0.4, -0.2) is 55.7 Å². The zero-order valence-corrected chi connectivity index (χ0v) is 17.6. The van der Waals surface area contributed by atoms with Gasteiger partial charge in [0.05, 0.1) is 11.4 Å². The van der Waals surface area contributed by atoms with E-state index in [1.165, 1.54) is 37.8 Å². The van der Waals surface area contributed by atoms with Crippen LogP contribution in [0.4, 0.5) is 16.2 Å². The number of rotatable bonds is 4. The molecule has 1 saturated heterocycles. The molecule has 3 aliphatic rings. The first kappa shape index (κ1) is 19.6. The van der Waals surface area contributed by atoms with Gasteiger partial charge in [0.15, 0.2) is 0 Å². The molecule has 2 fully saturated rings. The van der Waals surface area contributed by atoms with Gasteiger partial charge in [-0.2, -0.15) is 0 Å². The zero-order chi connectivity index (χ0) is 19.5. The van der Waals surface area contributed by atoms with Gasteiger partial charge in [0, 0.05) is 44.8 Å². The van der Waals surface area contributed by atoms with Gasteiger partial charge in [0.2, 0.25) is 0 Å². The first-order valence-electron chi connectivity index (χ1n) is 11.3. The second kappa shape index (κ2) is 8.73. The smallest absolute Gasteiger partial charge is 0.322 e. The van der Waals surface area contributed by atoms with Crippen LogP contribution in [0.2, 0.25) is 0 Å². The first-order valence-corrected chi connectivity index (χ1v) is 11.3. The Kier molecular flexibility index (Phi) is 6.10. The molecule has 0 spiro atoms. The predicted molar refractivity (Wildman–Crippen MR) is 116 cm³/mol. The minimum Gasteiger partial charge on any atom is -0.365 e. The number of benzene rings is 1. The molecule has 1 aromatic rings. The quantitative estimate of drug-likeness (QED) is 0.850. The maximum Gasteiger partial charge on any atom is 0.322 e. The van der Waals surface area contributed by atoms with E-state index >= 15 is 0 Å². The van der Waals surface area contributed by atoms with Crippen molar-refractivity contribution in [3.8, 4) is 0 Å². The van der Waals surface area contributed by atoms with Crippen molar-refractivity contribution in [3.05, 3.63) is 24.3 Å². The van der Waals surface area contributed by atoms with Crippen LogP contribution < -0.4 is 15.1 Å². The van der Waals surface area contributed by atoms with Gasteiger partial charge in [-0.1, -0.05) is 45.2 Å². The summed E-state index contributed by atoms with van der Waals surface area (Å²) in [5.41, 5.74) is 2.32. The van der Waals surface area contributed by atoms with E-state index in [0.29, 0.717) is 12.0 Å². The van der Waals surface area contributed by atoms with Crippen LogP contribution in [0.3, 0.4) is 0 Å². The Morgan fingerprint density at radius 3 is 2.54 bits per heavy atom. The summed E-state index contributed by atoms with van der Waals surface area (Å²) in [6.45, 7) is 9.43. The Hall–Kier alpha value is -1.75. The largest absolute Gasteiger partial charge is 0.365 e. The number of anilines is 2. The van der Waals surface area contributed by atoms with E-state index in [0.717, 1.165) is 44.8 Å². The number of carbonyl (C=O) groups is 1. The highest BCUT2D eigenvalue weighted by Crippen LogP contribution is 2.37. The van der Waals surface area contributed by atoms with Crippen LogP contribution in [-0.2, 0) is 0 Å². The summed E-state index contributed by atoms with van der Waals surface area (Å²) in [5, 5.41) is 3.31. The molecule has 1 atom stereocenters. The Morgan fingerprint density at radius 2 is 1.79 bits per heavy atom. The molecule has 5 heteroatoms. The molecule has 1 aromatic carbocycles. The number of nitrogens with zero attached hydrogens (tertiary/aromatic N) is 3. The molecule has 28 heavy (non-hydrogen) atoms. The monoisotopic (exact) mass is 384 g/mol. The normalized spacial score (nSPS) is 23.9. The van der Waals surface area contributed by atoms with Gasteiger partial charge in [-0.15, -0.1) is 0 Å². The standard InChI is InChI=1S/C23H36N4O/c1-18(2)16-25-13-12-19(17-25)24-23(28)27-15-14-26(20-8-4-3-5-9-20)21-10-6-7-11-22(21)27/h6-7,10-11,18-20H,3-5,8-9,12-17H2,1-2H3,(H,24,28). The molecule has 0 radical (unpaired) electrons. The molecule has 0 bridgehead atoms. The van der Waals surface area contributed by atoms with Gasteiger partial charge in [-0.05, 0) is 37.3 Å². The average molecular weight is 385 g/mol. The molecule has 2 aliphatic heterocycles. The third-order valence-corrected chi connectivity index (χ3v) is 6.53. The SMILES string of the molecule is CC(C)CN1CCC(NC(=O)N2CCN(C3CCCCC3)c3ccccc32)C1. The summed E-state index contributed by atoms with van der Waals surface area (Å²) >= 11 is 0. The van der Waals surface area contributed by atoms with Crippen LogP contribution in [0.1, 0.15) is 52.4 Å². The third-order valence-electron chi connectivity index (χ3n) is 6.53. The van der Waals surface area contributed by atoms with E-state index in [-0.39, 0.29) is 12.1 Å². The Balaban J connectivity index is 1.42. The Bertz CT molecular complexity index is 670. The highest BCUT2D eigenvalue weighted by atomic mass is 16.2. The molecule has 4 rings (SSSR count). The van der Waals surface area contributed by atoms with Crippen molar-refractivity contribution in [3.63, 3.8) is 0 Å². The number of likely N-dealkylation sites (tertiary alicyclic amines) is 1. The van der Waals surface area contributed by atoms with E-state index in [4.69, 9.17) is 0 Å². The maximum absolute atomic E-state index is 13.1. The predicted octanol–water partition coefficient (Wildman–Crippen LogP) is 4.09. The Labute approximate surface area is 170 Å². The van der Waals surface area contributed by atoms with E-state index in [2.05, 4.69) is 53.2 Å². The van der Waals surface area contributed by atoms with Crippen molar-refractivity contribution in [1.29, 1.82) is 0 Å². The first-order chi connectivity index (χ1) is 13.6. The van der Waals surface area contributed by atoms with E-state index in [1.807, 2.05) is 4.90 Å². The minimum atomic E-state index is 0.0761. The topological polar surface area (TPSA) is 38.8 Å².